The Morgan fingerprint density at radius 1 is 1.14 bits per heavy atom. The summed E-state index contributed by atoms with van der Waals surface area (Å²) < 4.78 is 20.4. The van der Waals surface area contributed by atoms with Gasteiger partial charge in [-0.15, -0.1) is 0 Å². The fourth-order valence-corrected chi connectivity index (χ4v) is 3.83. The number of rotatable bonds is 6. The lowest BCUT2D eigenvalue weighted by molar-refractivity contribution is -0.120. The molecule has 1 amide bonds. The molecule has 2 aromatic carbocycles. The number of carbonyl (C=O) groups excluding carboxylic acids is 1. The fraction of sp³-hybridized carbons (Fsp3) is 0.0952. The van der Waals surface area contributed by atoms with Gasteiger partial charge in [-0.05, 0) is 48.0 Å². The number of benzene rings is 2. The molecule has 0 aliphatic carbocycles. The standard InChI is InChI=1S/C21H15ClFN3O2S/c22-15-6-8-16(9-7-15)28-13-19(27)26(12-14-3-2-10-24-11-14)21-25-20-17(23)4-1-5-18(20)29-21/h1-11H,12-13H2. The van der Waals surface area contributed by atoms with Gasteiger partial charge in [0.1, 0.15) is 17.1 Å². The summed E-state index contributed by atoms with van der Waals surface area (Å²) in [5, 5.41) is 0.983. The van der Waals surface area contributed by atoms with Crippen LogP contribution in [0.3, 0.4) is 0 Å². The van der Waals surface area contributed by atoms with Crippen molar-refractivity contribution >= 4 is 44.2 Å². The van der Waals surface area contributed by atoms with Gasteiger partial charge in [-0.25, -0.2) is 9.37 Å². The summed E-state index contributed by atoms with van der Waals surface area (Å²) in [6, 6.07) is 15.1. The van der Waals surface area contributed by atoms with Gasteiger partial charge in [-0.2, -0.15) is 0 Å². The zero-order valence-electron chi connectivity index (χ0n) is 15.1. The van der Waals surface area contributed by atoms with E-state index in [1.54, 1.807) is 54.9 Å². The number of ether oxygens (including phenoxy) is 1. The van der Waals surface area contributed by atoms with Crippen LogP contribution in [0.25, 0.3) is 10.2 Å². The SMILES string of the molecule is O=C(COc1ccc(Cl)cc1)N(Cc1cccnc1)c1nc2c(F)cccc2s1. The van der Waals surface area contributed by atoms with Crippen LogP contribution in [-0.4, -0.2) is 22.5 Å². The summed E-state index contributed by atoms with van der Waals surface area (Å²) in [5.74, 6) is -0.195. The number of amides is 1. The molecule has 0 unspecified atom stereocenters. The van der Waals surface area contributed by atoms with Gasteiger partial charge in [0.2, 0.25) is 0 Å². The number of carbonyl (C=O) groups is 1. The van der Waals surface area contributed by atoms with Crippen molar-refractivity contribution in [3.63, 3.8) is 0 Å². The first kappa shape index (κ1) is 19.3. The lowest BCUT2D eigenvalue weighted by Gasteiger charge is -2.20. The number of hydrogen-bond donors (Lipinski definition) is 0. The summed E-state index contributed by atoms with van der Waals surface area (Å²) >= 11 is 7.12. The molecule has 29 heavy (non-hydrogen) atoms. The van der Waals surface area contributed by atoms with E-state index in [1.165, 1.54) is 22.3 Å². The summed E-state index contributed by atoms with van der Waals surface area (Å²) in [7, 11) is 0. The summed E-state index contributed by atoms with van der Waals surface area (Å²) in [4.78, 5) is 22.9. The minimum Gasteiger partial charge on any atom is -0.484 e. The Bertz CT molecular complexity index is 1140. The van der Waals surface area contributed by atoms with Gasteiger partial charge in [0, 0.05) is 17.4 Å². The van der Waals surface area contributed by atoms with Crippen molar-refractivity contribution < 1.29 is 13.9 Å². The molecule has 0 fully saturated rings. The number of nitrogens with zero attached hydrogens (tertiary/aromatic N) is 3. The van der Waals surface area contributed by atoms with Gasteiger partial charge < -0.3 is 4.74 Å². The molecule has 0 aliphatic rings. The third-order valence-corrected chi connectivity index (χ3v) is 5.43. The lowest BCUT2D eigenvalue weighted by Crippen LogP contribution is -2.34. The van der Waals surface area contributed by atoms with Crippen LogP contribution < -0.4 is 9.64 Å². The van der Waals surface area contributed by atoms with E-state index in [-0.39, 0.29) is 24.6 Å². The first-order valence-corrected chi connectivity index (χ1v) is 9.92. The van der Waals surface area contributed by atoms with Gasteiger partial charge in [-0.3, -0.25) is 14.7 Å². The van der Waals surface area contributed by atoms with E-state index >= 15 is 0 Å². The van der Waals surface area contributed by atoms with Crippen molar-refractivity contribution in [1.29, 1.82) is 0 Å². The van der Waals surface area contributed by atoms with Crippen LogP contribution in [0.4, 0.5) is 9.52 Å². The highest BCUT2D eigenvalue weighted by molar-refractivity contribution is 7.22. The number of thiazole rings is 1. The molecule has 0 saturated carbocycles. The molecule has 0 bridgehead atoms. The molecule has 0 aliphatic heterocycles. The minimum atomic E-state index is -0.420. The zero-order valence-corrected chi connectivity index (χ0v) is 16.7. The number of anilines is 1. The molecule has 146 valence electrons. The van der Waals surface area contributed by atoms with Gasteiger partial charge in [0.25, 0.3) is 5.91 Å². The number of aromatic nitrogens is 2. The van der Waals surface area contributed by atoms with Crippen molar-refractivity contribution in [2.24, 2.45) is 0 Å². The first-order valence-electron chi connectivity index (χ1n) is 8.73. The molecule has 0 saturated heterocycles. The van der Waals surface area contributed by atoms with Gasteiger partial charge in [0.05, 0.1) is 11.2 Å². The molecule has 0 radical (unpaired) electrons. The Morgan fingerprint density at radius 2 is 1.97 bits per heavy atom. The average molecular weight is 428 g/mol. The number of para-hydroxylation sites is 1. The van der Waals surface area contributed by atoms with Crippen molar-refractivity contribution in [1.82, 2.24) is 9.97 Å². The molecule has 5 nitrogen and oxygen atoms in total. The van der Waals surface area contributed by atoms with E-state index in [0.717, 1.165) is 5.56 Å². The molecule has 0 N–H and O–H groups in total. The maximum Gasteiger partial charge on any atom is 0.267 e. The first-order chi connectivity index (χ1) is 14.1. The highest BCUT2D eigenvalue weighted by Crippen LogP contribution is 2.31. The third-order valence-electron chi connectivity index (χ3n) is 4.13. The predicted octanol–water partition coefficient (Wildman–Crippen LogP) is 5.10. The largest absolute Gasteiger partial charge is 0.484 e. The fourth-order valence-electron chi connectivity index (χ4n) is 2.71. The van der Waals surface area contributed by atoms with E-state index in [1.807, 2.05) is 6.07 Å². The Kier molecular flexibility index (Phi) is 5.69. The Morgan fingerprint density at radius 3 is 2.69 bits per heavy atom. The molecular formula is C21H15ClFN3O2S. The van der Waals surface area contributed by atoms with E-state index in [9.17, 15) is 9.18 Å². The highest BCUT2D eigenvalue weighted by Gasteiger charge is 2.22. The van der Waals surface area contributed by atoms with Crippen LogP contribution in [0, 0.1) is 5.82 Å². The van der Waals surface area contributed by atoms with E-state index in [0.29, 0.717) is 20.6 Å². The van der Waals surface area contributed by atoms with Gasteiger partial charge in [-0.1, -0.05) is 35.1 Å². The molecule has 8 heteroatoms. The normalized spacial score (nSPS) is 10.8. The molecule has 2 aromatic heterocycles. The highest BCUT2D eigenvalue weighted by atomic mass is 35.5. The lowest BCUT2D eigenvalue weighted by atomic mass is 10.2. The number of hydrogen-bond acceptors (Lipinski definition) is 5. The Labute approximate surface area is 175 Å². The summed E-state index contributed by atoms with van der Waals surface area (Å²) in [6.45, 7) is 0.0540. The van der Waals surface area contributed by atoms with Crippen molar-refractivity contribution in [3.8, 4) is 5.75 Å². The van der Waals surface area contributed by atoms with E-state index in [4.69, 9.17) is 16.3 Å². The van der Waals surface area contributed by atoms with Crippen LogP contribution in [-0.2, 0) is 11.3 Å². The molecular weight excluding hydrogens is 413 g/mol. The quantitative estimate of drug-likeness (QED) is 0.429. The van der Waals surface area contributed by atoms with Crippen molar-refractivity contribution in [3.05, 3.63) is 83.4 Å². The topological polar surface area (TPSA) is 55.3 Å². The maximum absolute atomic E-state index is 14.1. The Balaban J connectivity index is 1.60. The van der Waals surface area contributed by atoms with Crippen LogP contribution in [0.2, 0.25) is 5.02 Å². The molecule has 0 spiro atoms. The number of pyridine rings is 1. The number of fused-ring (bicyclic) bond motifs is 1. The third kappa shape index (κ3) is 4.52. The van der Waals surface area contributed by atoms with Crippen molar-refractivity contribution in [2.45, 2.75) is 6.54 Å². The van der Waals surface area contributed by atoms with Crippen LogP contribution in [0.15, 0.2) is 67.0 Å². The van der Waals surface area contributed by atoms with E-state index in [2.05, 4.69) is 9.97 Å². The second-order valence-electron chi connectivity index (χ2n) is 6.17. The molecule has 4 rings (SSSR count). The van der Waals surface area contributed by atoms with Crippen LogP contribution in [0.5, 0.6) is 5.75 Å². The zero-order chi connectivity index (χ0) is 20.2. The molecule has 4 aromatic rings. The van der Waals surface area contributed by atoms with Crippen LogP contribution in [0.1, 0.15) is 5.56 Å². The van der Waals surface area contributed by atoms with Gasteiger partial charge in [0.15, 0.2) is 11.7 Å². The summed E-state index contributed by atoms with van der Waals surface area (Å²) in [6.07, 6.45) is 3.33. The second-order valence-corrected chi connectivity index (χ2v) is 7.61. The number of halogens is 2. The van der Waals surface area contributed by atoms with E-state index < -0.39 is 5.82 Å². The monoisotopic (exact) mass is 427 g/mol. The summed E-state index contributed by atoms with van der Waals surface area (Å²) in [5.41, 5.74) is 1.07. The predicted molar refractivity (Wildman–Crippen MR) is 112 cm³/mol. The maximum atomic E-state index is 14.1. The van der Waals surface area contributed by atoms with Crippen molar-refractivity contribution in [2.75, 3.05) is 11.5 Å². The van der Waals surface area contributed by atoms with Gasteiger partial charge >= 0.3 is 0 Å². The molecule has 2 heterocycles. The minimum absolute atomic E-state index is 0.194. The smallest absolute Gasteiger partial charge is 0.267 e. The Hall–Kier alpha value is -3.03. The molecule has 0 atom stereocenters. The van der Waals surface area contributed by atoms with Crippen LogP contribution >= 0.6 is 22.9 Å². The average Bonchev–Trinajstić information content (AvgIpc) is 3.17. The second kappa shape index (κ2) is 8.55.